The predicted octanol–water partition coefficient (Wildman–Crippen LogP) is 6.34. The van der Waals surface area contributed by atoms with Gasteiger partial charge in [0.05, 0.1) is 5.02 Å². The van der Waals surface area contributed by atoms with E-state index in [0.717, 1.165) is 0 Å². The van der Waals surface area contributed by atoms with E-state index in [1.54, 1.807) is 18.2 Å². The summed E-state index contributed by atoms with van der Waals surface area (Å²) in [5.41, 5.74) is 0. The summed E-state index contributed by atoms with van der Waals surface area (Å²) in [7, 11) is 0. The number of ether oxygens (including phenoxy) is 2. The molecule has 0 bridgehead atoms. The molecule has 0 unspecified atom stereocenters. The SMILES string of the molecule is Fc1c(Cl)c(Cl)c2c(c1Cl)Oc1cccc(Cl)c1O2. The molecule has 98 valence electrons. The second-order valence-electron chi connectivity index (χ2n) is 3.69. The van der Waals surface area contributed by atoms with Gasteiger partial charge in [-0.25, -0.2) is 4.39 Å². The van der Waals surface area contributed by atoms with Gasteiger partial charge in [0.15, 0.2) is 28.8 Å². The molecule has 0 amide bonds. The summed E-state index contributed by atoms with van der Waals surface area (Å²) < 4.78 is 24.7. The lowest BCUT2D eigenvalue weighted by Gasteiger charge is -2.23. The number of halogens is 5. The van der Waals surface area contributed by atoms with Gasteiger partial charge in [0, 0.05) is 0 Å². The van der Waals surface area contributed by atoms with Crippen LogP contribution < -0.4 is 9.47 Å². The fraction of sp³-hybridized carbons (Fsp3) is 0. The summed E-state index contributed by atoms with van der Waals surface area (Å²) in [6.07, 6.45) is 0. The summed E-state index contributed by atoms with van der Waals surface area (Å²) >= 11 is 23.5. The highest BCUT2D eigenvalue weighted by Gasteiger charge is 2.30. The number of para-hydroxylation sites is 1. The number of rotatable bonds is 0. The number of benzene rings is 2. The minimum absolute atomic E-state index is 0.0247. The van der Waals surface area contributed by atoms with E-state index in [1.165, 1.54) is 0 Å². The predicted molar refractivity (Wildman–Crippen MR) is 73.0 cm³/mol. The first kappa shape index (κ1) is 13.1. The molecular weight excluding hydrogens is 337 g/mol. The Morgan fingerprint density at radius 3 is 2.21 bits per heavy atom. The third-order valence-electron chi connectivity index (χ3n) is 2.53. The molecule has 0 radical (unpaired) electrons. The summed E-state index contributed by atoms with van der Waals surface area (Å²) in [5.74, 6) is -0.250. The molecule has 0 fully saturated rings. The Morgan fingerprint density at radius 2 is 1.47 bits per heavy atom. The third-order valence-corrected chi connectivity index (χ3v) is 3.98. The number of fused-ring (bicyclic) bond motifs is 2. The van der Waals surface area contributed by atoms with Crippen molar-refractivity contribution in [3.63, 3.8) is 0 Å². The van der Waals surface area contributed by atoms with Gasteiger partial charge >= 0.3 is 0 Å². The molecule has 3 rings (SSSR count). The van der Waals surface area contributed by atoms with Gasteiger partial charge in [0.25, 0.3) is 0 Å². The number of hydrogen-bond acceptors (Lipinski definition) is 2. The van der Waals surface area contributed by atoms with Crippen LogP contribution >= 0.6 is 46.4 Å². The monoisotopic (exact) mass is 338 g/mol. The Hall–Kier alpha value is -0.870. The largest absolute Gasteiger partial charge is 0.448 e. The van der Waals surface area contributed by atoms with Crippen molar-refractivity contribution in [1.82, 2.24) is 0 Å². The van der Waals surface area contributed by atoms with E-state index < -0.39 is 5.82 Å². The highest BCUT2D eigenvalue weighted by atomic mass is 35.5. The van der Waals surface area contributed by atoms with Crippen LogP contribution in [0.15, 0.2) is 18.2 Å². The zero-order valence-electron chi connectivity index (χ0n) is 8.94. The summed E-state index contributed by atoms with van der Waals surface area (Å²) in [5, 5.41) is -0.417. The quantitative estimate of drug-likeness (QED) is 0.351. The maximum Gasteiger partial charge on any atom is 0.193 e. The van der Waals surface area contributed by atoms with Crippen molar-refractivity contribution in [2.45, 2.75) is 0 Å². The van der Waals surface area contributed by atoms with Crippen molar-refractivity contribution in [2.75, 3.05) is 0 Å². The molecule has 0 aliphatic carbocycles. The standard InChI is InChI=1S/C12H3Cl4FO2/c13-4-2-1-3-5-10(4)19-11-7(15)6(14)9(17)8(16)12(11)18-5/h1-3H. The number of hydrogen-bond donors (Lipinski definition) is 0. The van der Waals surface area contributed by atoms with Crippen molar-refractivity contribution in [2.24, 2.45) is 0 Å². The van der Waals surface area contributed by atoms with Crippen LogP contribution in [0.1, 0.15) is 0 Å². The Balaban J connectivity index is 2.26. The molecule has 0 saturated heterocycles. The summed E-state index contributed by atoms with van der Waals surface area (Å²) in [6.45, 7) is 0. The molecule has 7 heteroatoms. The molecule has 0 aromatic heterocycles. The normalized spacial score (nSPS) is 12.3. The van der Waals surface area contributed by atoms with Gasteiger partial charge in [-0.2, -0.15) is 0 Å². The van der Waals surface area contributed by atoms with E-state index in [1.807, 2.05) is 0 Å². The minimum atomic E-state index is -0.860. The average Bonchev–Trinajstić information content (AvgIpc) is 2.42. The van der Waals surface area contributed by atoms with Crippen LogP contribution in [0.4, 0.5) is 4.39 Å². The molecule has 1 aliphatic heterocycles. The van der Waals surface area contributed by atoms with Crippen molar-refractivity contribution in [1.29, 1.82) is 0 Å². The van der Waals surface area contributed by atoms with Gasteiger partial charge in [0.1, 0.15) is 15.1 Å². The van der Waals surface area contributed by atoms with Gasteiger partial charge in [-0.05, 0) is 12.1 Å². The molecule has 0 atom stereocenters. The molecule has 2 aromatic carbocycles. The van der Waals surface area contributed by atoms with Crippen LogP contribution in [-0.2, 0) is 0 Å². The van der Waals surface area contributed by atoms with Crippen LogP contribution in [0.2, 0.25) is 20.1 Å². The fourth-order valence-electron chi connectivity index (χ4n) is 1.65. The first-order valence-electron chi connectivity index (χ1n) is 5.01. The lowest BCUT2D eigenvalue weighted by Crippen LogP contribution is -2.02. The summed E-state index contributed by atoms with van der Waals surface area (Å²) in [4.78, 5) is 0. The highest BCUT2D eigenvalue weighted by Crippen LogP contribution is 2.56. The Bertz CT molecular complexity index is 703. The van der Waals surface area contributed by atoms with E-state index in [9.17, 15) is 4.39 Å². The maximum atomic E-state index is 13.7. The average molecular weight is 340 g/mol. The van der Waals surface area contributed by atoms with Crippen molar-refractivity contribution >= 4 is 46.4 Å². The lowest BCUT2D eigenvalue weighted by molar-refractivity contribution is 0.357. The second-order valence-corrected chi connectivity index (χ2v) is 5.23. The van der Waals surface area contributed by atoms with E-state index in [4.69, 9.17) is 55.9 Å². The molecular formula is C12H3Cl4FO2. The van der Waals surface area contributed by atoms with Gasteiger partial charge in [-0.3, -0.25) is 0 Å². The molecule has 2 nitrogen and oxygen atoms in total. The minimum Gasteiger partial charge on any atom is -0.448 e. The van der Waals surface area contributed by atoms with Crippen LogP contribution in [0.5, 0.6) is 23.0 Å². The fourth-order valence-corrected chi connectivity index (χ4v) is 2.51. The lowest BCUT2D eigenvalue weighted by atomic mass is 10.2. The van der Waals surface area contributed by atoms with Crippen LogP contribution in [0.25, 0.3) is 0 Å². The smallest absolute Gasteiger partial charge is 0.193 e. The second kappa shape index (κ2) is 4.60. The van der Waals surface area contributed by atoms with E-state index in [-0.39, 0.29) is 32.3 Å². The van der Waals surface area contributed by atoms with Gasteiger partial charge in [-0.1, -0.05) is 52.5 Å². The third kappa shape index (κ3) is 1.93. The van der Waals surface area contributed by atoms with Crippen LogP contribution in [0.3, 0.4) is 0 Å². The molecule has 0 N–H and O–H groups in total. The zero-order chi connectivity index (χ0) is 13.7. The van der Waals surface area contributed by atoms with E-state index in [0.29, 0.717) is 10.8 Å². The molecule has 19 heavy (non-hydrogen) atoms. The molecule has 0 spiro atoms. The zero-order valence-corrected chi connectivity index (χ0v) is 12.0. The topological polar surface area (TPSA) is 18.5 Å². The van der Waals surface area contributed by atoms with Crippen molar-refractivity contribution in [3.8, 4) is 23.0 Å². The molecule has 1 aliphatic rings. The van der Waals surface area contributed by atoms with Crippen molar-refractivity contribution in [3.05, 3.63) is 44.1 Å². The van der Waals surface area contributed by atoms with Gasteiger partial charge in [0.2, 0.25) is 0 Å². The van der Waals surface area contributed by atoms with Crippen molar-refractivity contribution < 1.29 is 13.9 Å². The first-order chi connectivity index (χ1) is 9.00. The van der Waals surface area contributed by atoms with Gasteiger partial charge < -0.3 is 9.47 Å². The Morgan fingerprint density at radius 1 is 0.789 bits per heavy atom. The highest BCUT2D eigenvalue weighted by molar-refractivity contribution is 6.45. The molecule has 0 saturated carbocycles. The van der Waals surface area contributed by atoms with Crippen LogP contribution in [-0.4, -0.2) is 0 Å². The summed E-state index contributed by atoms with van der Waals surface area (Å²) in [6, 6.07) is 4.90. The maximum absolute atomic E-state index is 13.7. The van der Waals surface area contributed by atoms with E-state index in [2.05, 4.69) is 0 Å². The molecule has 2 aromatic rings. The molecule has 1 heterocycles. The first-order valence-corrected chi connectivity index (χ1v) is 6.52. The van der Waals surface area contributed by atoms with E-state index >= 15 is 0 Å². The Labute approximate surface area is 127 Å². The Kier molecular flexibility index (Phi) is 3.18. The van der Waals surface area contributed by atoms with Gasteiger partial charge in [-0.15, -0.1) is 0 Å². The van der Waals surface area contributed by atoms with Crippen LogP contribution in [0, 0.1) is 5.82 Å².